The quantitative estimate of drug-likeness (QED) is 0.691. The van der Waals surface area contributed by atoms with Gasteiger partial charge in [-0.25, -0.2) is 0 Å². The summed E-state index contributed by atoms with van der Waals surface area (Å²) in [5, 5.41) is 12.1. The van der Waals surface area contributed by atoms with Crippen molar-refractivity contribution < 1.29 is 4.79 Å². The zero-order valence-electron chi connectivity index (χ0n) is 7.26. The van der Waals surface area contributed by atoms with E-state index in [0.29, 0.717) is 4.88 Å². The highest BCUT2D eigenvalue weighted by Crippen LogP contribution is 2.07. The number of amides is 1. The second kappa shape index (κ2) is 3.96. The van der Waals surface area contributed by atoms with Crippen LogP contribution in [-0.2, 0) is 0 Å². The summed E-state index contributed by atoms with van der Waals surface area (Å²) in [6.45, 7) is 1.66. The van der Waals surface area contributed by atoms with Gasteiger partial charge in [-0.3, -0.25) is 4.79 Å². The molecule has 0 aliphatic rings. The number of hydrogen-bond acceptors (Lipinski definition) is 5. The molecule has 1 aromatic heterocycles. The fraction of sp³-hybridized carbons (Fsp3) is 0.429. The third kappa shape index (κ3) is 2.00. The lowest BCUT2D eigenvalue weighted by atomic mass is 10.3. The van der Waals surface area contributed by atoms with Crippen molar-refractivity contribution in [3.63, 3.8) is 0 Å². The monoisotopic (exact) mass is 196 g/mol. The molecule has 0 saturated carbocycles. The summed E-state index contributed by atoms with van der Waals surface area (Å²) in [4.78, 5) is 13.3. The van der Waals surface area contributed by atoms with Crippen molar-refractivity contribution in [2.24, 2.45) is 0 Å². The fourth-order valence-corrected chi connectivity index (χ4v) is 1.20. The van der Waals surface area contributed by atoms with E-state index in [0.717, 1.165) is 11.5 Å². The van der Waals surface area contributed by atoms with Gasteiger partial charge < -0.3 is 4.90 Å². The minimum atomic E-state index is -0.436. The summed E-state index contributed by atoms with van der Waals surface area (Å²) < 4.78 is 3.57. The molecule has 1 rings (SSSR count). The molecule has 6 heteroatoms. The molecule has 0 aliphatic heterocycles. The molecule has 0 N–H and O–H groups in total. The Morgan fingerprint density at radius 2 is 2.54 bits per heavy atom. The van der Waals surface area contributed by atoms with Crippen LogP contribution in [0.5, 0.6) is 0 Å². The summed E-state index contributed by atoms with van der Waals surface area (Å²) in [6, 6.07) is 1.54. The first-order valence-electron chi connectivity index (χ1n) is 3.61. The van der Waals surface area contributed by atoms with Crippen LogP contribution in [0.1, 0.15) is 16.6 Å². The lowest BCUT2D eigenvalue weighted by Crippen LogP contribution is -2.33. The molecule has 13 heavy (non-hydrogen) atoms. The first kappa shape index (κ1) is 9.61. The van der Waals surface area contributed by atoms with Gasteiger partial charge in [0.05, 0.1) is 12.3 Å². The van der Waals surface area contributed by atoms with E-state index in [9.17, 15) is 4.79 Å². The highest BCUT2D eigenvalue weighted by atomic mass is 32.1. The van der Waals surface area contributed by atoms with Gasteiger partial charge in [0.1, 0.15) is 10.9 Å². The minimum Gasteiger partial charge on any atom is -0.325 e. The Morgan fingerprint density at radius 3 is 3.00 bits per heavy atom. The molecule has 0 aliphatic carbocycles. The van der Waals surface area contributed by atoms with E-state index >= 15 is 0 Å². The Labute approximate surface area is 79.8 Å². The summed E-state index contributed by atoms with van der Waals surface area (Å²) in [6.07, 6.45) is 1.40. The van der Waals surface area contributed by atoms with Crippen LogP contribution < -0.4 is 0 Å². The van der Waals surface area contributed by atoms with E-state index in [2.05, 4.69) is 9.59 Å². The largest absolute Gasteiger partial charge is 0.325 e. The Kier molecular flexibility index (Phi) is 2.93. The lowest BCUT2D eigenvalue weighted by molar-refractivity contribution is 0.0777. The zero-order chi connectivity index (χ0) is 9.84. The van der Waals surface area contributed by atoms with E-state index in [1.54, 1.807) is 14.0 Å². The molecule has 0 spiro atoms. The van der Waals surface area contributed by atoms with Gasteiger partial charge in [-0.05, 0) is 18.5 Å². The molecular formula is C7H8N4OS. The number of carbonyl (C=O) groups excluding carboxylic acids is 1. The van der Waals surface area contributed by atoms with Gasteiger partial charge in [0.15, 0.2) is 0 Å². The second-order valence-corrected chi connectivity index (χ2v) is 3.29. The van der Waals surface area contributed by atoms with E-state index in [1.165, 1.54) is 11.1 Å². The molecule has 1 aromatic rings. The highest BCUT2D eigenvalue weighted by Gasteiger charge is 2.18. The molecule has 0 fully saturated rings. The summed E-state index contributed by atoms with van der Waals surface area (Å²) in [5.41, 5.74) is 0. The summed E-state index contributed by atoms with van der Waals surface area (Å²) >= 11 is 1.03. The van der Waals surface area contributed by atoms with Crippen LogP contribution in [-0.4, -0.2) is 33.5 Å². The number of hydrogen-bond donors (Lipinski definition) is 0. The van der Waals surface area contributed by atoms with Gasteiger partial charge in [-0.1, -0.05) is 4.49 Å². The van der Waals surface area contributed by atoms with Crippen LogP contribution >= 0.6 is 11.5 Å². The molecule has 0 radical (unpaired) electrons. The van der Waals surface area contributed by atoms with Crippen molar-refractivity contribution in [1.82, 2.24) is 14.5 Å². The Bertz CT molecular complexity index is 329. The molecule has 68 valence electrons. The van der Waals surface area contributed by atoms with Crippen molar-refractivity contribution >= 4 is 17.4 Å². The van der Waals surface area contributed by atoms with Crippen LogP contribution in [0.25, 0.3) is 0 Å². The molecule has 0 aromatic carbocycles. The maximum absolute atomic E-state index is 11.5. The van der Waals surface area contributed by atoms with Crippen LogP contribution in [0, 0.1) is 11.3 Å². The van der Waals surface area contributed by atoms with E-state index in [-0.39, 0.29) is 5.91 Å². The SMILES string of the molecule is CC(C#N)N(C)C(=O)c1cnns1. The molecule has 1 unspecified atom stereocenters. The third-order valence-electron chi connectivity index (χ3n) is 1.66. The summed E-state index contributed by atoms with van der Waals surface area (Å²) in [7, 11) is 1.58. The van der Waals surface area contributed by atoms with Crippen LogP contribution in [0.15, 0.2) is 6.20 Å². The molecule has 0 bridgehead atoms. The zero-order valence-corrected chi connectivity index (χ0v) is 8.08. The van der Waals surface area contributed by atoms with Gasteiger partial charge in [0.25, 0.3) is 5.91 Å². The Morgan fingerprint density at radius 1 is 1.85 bits per heavy atom. The Balaban J connectivity index is 2.75. The topological polar surface area (TPSA) is 69.9 Å². The molecule has 5 nitrogen and oxygen atoms in total. The number of aromatic nitrogens is 2. The van der Waals surface area contributed by atoms with Gasteiger partial charge in [0, 0.05) is 7.05 Å². The Hall–Kier alpha value is -1.48. The van der Waals surface area contributed by atoms with Crippen LogP contribution in [0.2, 0.25) is 0 Å². The number of rotatable bonds is 2. The number of nitrogens with zero attached hydrogens (tertiary/aromatic N) is 4. The van der Waals surface area contributed by atoms with Crippen molar-refractivity contribution in [2.75, 3.05) is 7.05 Å². The van der Waals surface area contributed by atoms with Gasteiger partial charge in [-0.15, -0.1) is 5.10 Å². The average Bonchev–Trinajstić information content (AvgIpc) is 2.67. The van der Waals surface area contributed by atoms with E-state index < -0.39 is 6.04 Å². The standard InChI is InChI=1S/C7H8N4OS/c1-5(3-8)11(2)7(12)6-4-9-10-13-6/h4-5H,1-2H3. The average molecular weight is 196 g/mol. The maximum atomic E-state index is 11.5. The normalized spacial score (nSPS) is 11.8. The van der Waals surface area contributed by atoms with Crippen molar-refractivity contribution in [1.29, 1.82) is 5.26 Å². The maximum Gasteiger partial charge on any atom is 0.268 e. The van der Waals surface area contributed by atoms with Crippen molar-refractivity contribution in [3.8, 4) is 6.07 Å². The first-order valence-corrected chi connectivity index (χ1v) is 4.38. The molecule has 1 heterocycles. The lowest BCUT2D eigenvalue weighted by Gasteiger charge is -2.17. The van der Waals surface area contributed by atoms with Crippen LogP contribution in [0.4, 0.5) is 0 Å². The predicted molar refractivity (Wildman–Crippen MR) is 47.1 cm³/mol. The van der Waals surface area contributed by atoms with Crippen LogP contribution in [0.3, 0.4) is 0 Å². The predicted octanol–water partition coefficient (Wildman–Crippen LogP) is 0.522. The number of carbonyl (C=O) groups is 1. The van der Waals surface area contributed by atoms with Crippen molar-refractivity contribution in [2.45, 2.75) is 13.0 Å². The van der Waals surface area contributed by atoms with Crippen molar-refractivity contribution in [3.05, 3.63) is 11.1 Å². The smallest absolute Gasteiger partial charge is 0.268 e. The molecule has 1 amide bonds. The molecule has 1 atom stereocenters. The fourth-order valence-electron chi connectivity index (χ4n) is 0.698. The van der Waals surface area contributed by atoms with Gasteiger partial charge in [0.2, 0.25) is 0 Å². The minimum absolute atomic E-state index is 0.218. The molecule has 0 saturated heterocycles. The second-order valence-electron chi connectivity index (χ2n) is 2.50. The molecular weight excluding hydrogens is 188 g/mol. The third-order valence-corrected chi connectivity index (χ3v) is 2.31. The number of nitriles is 1. The highest BCUT2D eigenvalue weighted by molar-refractivity contribution is 7.07. The van der Waals surface area contributed by atoms with Gasteiger partial charge >= 0.3 is 0 Å². The van der Waals surface area contributed by atoms with E-state index in [1.807, 2.05) is 6.07 Å². The van der Waals surface area contributed by atoms with E-state index in [4.69, 9.17) is 5.26 Å². The first-order chi connectivity index (χ1) is 6.16. The summed E-state index contributed by atoms with van der Waals surface area (Å²) in [5.74, 6) is -0.218. The van der Waals surface area contributed by atoms with Gasteiger partial charge in [-0.2, -0.15) is 5.26 Å².